The smallest absolute Gasteiger partial charge is 0.255 e. The van der Waals surface area contributed by atoms with Crippen LogP contribution >= 0.6 is 0 Å². The molecule has 4 heteroatoms. The second-order valence-electron chi connectivity index (χ2n) is 3.36. The van der Waals surface area contributed by atoms with Gasteiger partial charge in [-0.05, 0) is 30.5 Å². The van der Waals surface area contributed by atoms with Gasteiger partial charge in [0.05, 0.1) is 5.56 Å². The quantitative estimate of drug-likeness (QED) is 0.562. The Balaban J connectivity index is 2.72. The Labute approximate surface area is 88.1 Å². The van der Waals surface area contributed by atoms with Crippen molar-refractivity contribution in [3.05, 3.63) is 45.5 Å². The maximum Gasteiger partial charge on any atom is 0.476 e. The molecule has 15 heavy (non-hydrogen) atoms. The number of amides is 1. The largest absolute Gasteiger partial charge is 0.476 e. The number of rotatable bonds is 4. The summed E-state index contributed by atoms with van der Waals surface area (Å²) in [6, 6.07) is 6.56. The van der Waals surface area contributed by atoms with Crippen molar-refractivity contribution in [1.82, 2.24) is 0 Å². The van der Waals surface area contributed by atoms with Gasteiger partial charge >= 0.3 is 5.91 Å². The van der Waals surface area contributed by atoms with Crippen molar-refractivity contribution in [3.63, 3.8) is 0 Å². The van der Waals surface area contributed by atoms with E-state index in [1.54, 1.807) is 12.1 Å². The molecule has 1 aromatic rings. The molecule has 0 aliphatic rings. The number of unbranched alkanes of at least 4 members (excludes halogenated alkanes) is 1. The maximum absolute atomic E-state index is 11.0. The van der Waals surface area contributed by atoms with Gasteiger partial charge in [0.15, 0.2) is 0 Å². The molecule has 0 spiro atoms. The van der Waals surface area contributed by atoms with Gasteiger partial charge in [-0.3, -0.25) is 10.1 Å². The van der Waals surface area contributed by atoms with Gasteiger partial charge in [-0.1, -0.05) is 25.5 Å². The molecule has 0 atom stereocenters. The predicted octanol–water partition coefficient (Wildman–Crippen LogP) is 2.45. The molecule has 0 heterocycles. The molecule has 1 amide bonds. The van der Waals surface area contributed by atoms with Crippen molar-refractivity contribution in [2.45, 2.75) is 26.2 Å². The normalized spacial score (nSPS) is 9.93. The van der Waals surface area contributed by atoms with Gasteiger partial charge in [0.1, 0.15) is 4.92 Å². The van der Waals surface area contributed by atoms with Crippen LogP contribution in [0.4, 0.5) is 0 Å². The number of hydrogen-bond donors (Lipinski definition) is 0. The first-order valence-corrected chi connectivity index (χ1v) is 4.92. The zero-order chi connectivity index (χ0) is 11.3. The number of nitro groups is 1. The molecule has 1 aromatic carbocycles. The maximum atomic E-state index is 11.0. The third kappa shape index (κ3) is 3.16. The Bertz CT molecular complexity index is 357. The Hall–Kier alpha value is -1.71. The summed E-state index contributed by atoms with van der Waals surface area (Å²) in [6.45, 7) is 2.10. The standard InChI is InChI=1S/C11H13NO3/c1-2-3-4-9-5-7-10(8-6-9)11(13)12(14)15/h5-8H,2-4H2,1H3. The SMILES string of the molecule is CCCCc1ccc(C(=O)[N+](=O)[O-])cc1. The first kappa shape index (κ1) is 11.4. The summed E-state index contributed by atoms with van der Waals surface area (Å²) in [4.78, 5) is 20.3. The lowest BCUT2D eigenvalue weighted by molar-refractivity contribution is -0.375. The first-order chi connectivity index (χ1) is 7.15. The number of hydrogen-bond acceptors (Lipinski definition) is 3. The lowest BCUT2D eigenvalue weighted by Gasteiger charge is -1.99. The van der Waals surface area contributed by atoms with Crippen molar-refractivity contribution >= 4 is 5.91 Å². The highest BCUT2D eigenvalue weighted by atomic mass is 16.6. The molecular formula is C11H13NO3. The lowest BCUT2D eigenvalue weighted by atomic mass is 10.1. The lowest BCUT2D eigenvalue weighted by Crippen LogP contribution is -2.11. The molecular weight excluding hydrogens is 194 g/mol. The summed E-state index contributed by atoms with van der Waals surface area (Å²) in [5, 5.41) is 10.2. The number of aryl methyl sites for hydroxylation is 1. The Morgan fingerprint density at radius 3 is 2.40 bits per heavy atom. The third-order valence-electron chi connectivity index (χ3n) is 2.19. The van der Waals surface area contributed by atoms with Gasteiger partial charge in [-0.2, -0.15) is 0 Å². The highest BCUT2D eigenvalue weighted by molar-refractivity contribution is 5.87. The average Bonchev–Trinajstić information content (AvgIpc) is 2.26. The van der Waals surface area contributed by atoms with Crippen LogP contribution in [0.15, 0.2) is 24.3 Å². The van der Waals surface area contributed by atoms with Gasteiger partial charge in [0.25, 0.3) is 0 Å². The summed E-state index contributed by atoms with van der Waals surface area (Å²) in [6.07, 6.45) is 3.14. The number of carbonyl (C=O) groups is 1. The number of benzene rings is 1. The average molecular weight is 207 g/mol. The van der Waals surface area contributed by atoms with Gasteiger partial charge in [-0.15, -0.1) is 0 Å². The molecule has 0 aliphatic carbocycles. The molecule has 1 rings (SSSR count). The van der Waals surface area contributed by atoms with Crippen LogP contribution in [-0.2, 0) is 6.42 Å². The van der Waals surface area contributed by atoms with Gasteiger partial charge in [-0.25, -0.2) is 4.79 Å². The molecule has 0 saturated carbocycles. The molecule has 0 aromatic heterocycles. The summed E-state index contributed by atoms with van der Waals surface area (Å²) >= 11 is 0. The van der Waals surface area contributed by atoms with Crippen molar-refractivity contribution < 1.29 is 9.72 Å². The Morgan fingerprint density at radius 1 is 1.33 bits per heavy atom. The zero-order valence-corrected chi connectivity index (χ0v) is 8.60. The zero-order valence-electron chi connectivity index (χ0n) is 8.60. The van der Waals surface area contributed by atoms with Crippen LogP contribution in [0.25, 0.3) is 0 Å². The van der Waals surface area contributed by atoms with E-state index in [0.29, 0.717) is 0 Å². The van der Waals surface area contributed by atoms with Crippen LogP contribution in [0, 0.1) is 10.1 Å². The third-order valence-corrected chi connectivity index (χ3v) is 2.19. The summed E-state index contributed by atoms with van der Waals surface area (Å²) in [5.74, 6) is -1.04. The molecule has 0 aliphatic heterocycles. The fourth-order valence-electron chi connectivity index (χ4n) is 1.30. The van der Waals surface area contributed by atoms with E-state index in [2.05, 4.69) is 6.92 Å². The Morgan fingerprint density at radius 2 is 1.93 bits per heavy atom. The minimum absolute atomic E-state index is 0.139. The van der Waals surface area contributed by atoms with E-state index in [1.165, 1.54) is 12.1 Å². The van der Waals surface area contributed by atoms with Crippen molar-refractivity contribution in [1.29, 1.82) is 0 Å². The molecule has 0 N–H and O–H groups in total. The summed E-state index contributed by atoms with van der Waals surface area (Å²) in [7, 11) is 0. The molecule has 4 nitrogen and oxygen atoms in total. The Kier molecular flexibility index (Phi) is 3.97. The van der Waals surface area contributed by atoms with E-state index in [1.807, 2.05) is 0 Å². The van der Waals surface area contributed by atoms with Gasteiger partial charge < -0.3 is 0 Å². The van der Waals surface area contributed by atoms with Crippen LogP contribution in [0.1, 0.15) is 35.7 Å². The van der Waals surface area contributed by atoms with Crippen LogP contribution in [0.2, 0.25) is 0 Å². The second-order valence-corrected chi connectivity index (χ2v) is 3.36. The molecule has 0 radical (unpaired) electrons. The highest BCUT2D eigenvalue weighted by Gasteiger charge is 2.17. The highest BCUT2D eigenvalue weighted by Crippen LogP contribution is 2.08. The van der Waals surface area contributed by atoms with Crippen molar-refractivity contribution in [2.75, 3.05) is 0 Å². The fraction of sp³-hybridized carbons (Fsp3) is 0.364. The predicted molar refractivity (Wildman–Crippen MR) is 56.4 cm³/mol. The van der Waals surface area contributed by atoms with E-state index in [9.17, 15) is 14.9 Å². The number of nitrogens with zero attached hydrogens (tertiary/aromatic N) is 1. The molecule has 0 saturated heterocycles. The fourth-order valence-corrected chi connectivity index (χ4v) is 1.30. The molecule has 0 unspecified atom stereocenters. The minimum atomic E-state index is -1.04. The van der Waals surface area contributed by atoms with E-state index in [0.717, 1.165) is 24.8 Å². The second kappa shape index (κ2) is 5.24. The number of carbonyl (C=O) groups excluding carboxylic acids is 1. The van der Waals surface area contributed by atoms with Gasteiger partial charge in [0, 0.05) is 0 Å². The summed E-state index contributed by atoms with van der Waals surface area (Å²) < 4.78 is 0. The molecule has 80 valence electrons. The molecule has 0 bridgehead atoms. The van der Waals surface area contributed by atoms with Crippen LogP contribution < -0.4 is 0 Å². The molecule has 0 fully saturated rings. The van der Waals surface area contributed by atoms with Crippen LogP contribution in [0.3, 0.4) is 0 Å². The summed E-state index contributed by atoms with van der Waals surface area (Å²) in [5.41, 5.74) is 1.25. The topological polar surface area (TPSA) is 60.2 Å². The van der Waals surface area contributed by atoms with E-state index in [4.69, 9.17) is 0 Å². The van der Waals surface area contributed by atoms with Crippen LogP contribution in [-0.4, -0.2) is 10.8 Å². The van der Waals surface area contributed by atoms with Crippen LogP contribution in [0.5, 0.6) is 0 Å². The first-order valence-electron chi connectivity index (χ1n) is 4.92. The monoisotopic (exact) mass is 207 g/mol. The van der Waals surface area contributed by atoms with Gasteiger partial charge in [0.2, 0.25) is 0 Å². The van der Waals surface area contributed by atoms with Crippen molar-refractivity contribution in [2.24, 2.45) is 0 Å². The van der Waals surface area contributed by atoms with Crippen molar-refractivity contribution in [3.8, 4) is 0 Å². The van der Waals surface area contributed by atoms with E-state index >= 15 is 0 Å². The minimum Gasteiger partial charge on any atom is -0.255 e. The van der Waals surface area contributed by atoms with E-state index < -0.39 is 10.8 Å². The van der Waals surface area contributed by atoms with E-state index in [-0.39, 0.29) is 5.56 Å².